The second kappa shape index (κ2) is 6.75. The Hall–Kier alpha value is -2.56. The Kier molecular flexibility index (Phi) is 4.30. The number of furan rings is 1. The van der Waals surface area contributed by atoms with Gasteiger partial charge < -0.3 is 14.6 Å². The van der Waals surface area contributed by atoms with Crippen molar-refractivity contribution in [2.24, 2.45) is 5.92 Å². The molecule has 1 N–H and O–H groups in total. The predicted molar refractivity (Wildman–Crippen MR) is 95.7 cm³/mol. The summed E-state index contributed by atoms with van der Waals surface area (Å²) in [5.41, 5.74) is 2.81. The average Bonchev–Trinajstić information content (AvgIpc) is 3.31. The Labute approximate surface area is 147 Å². The second-order valence-electron chi connectivity index (χ2n) is 6.85. The number of carbonyl (C=O) groups excluding carboxylic acids is 2. The quantitative estimate of drug-likeness (QED) is 0.920. The smallest absolute Gasteiger partial charge is 0.293 e. The fourth-order valence-corrected chi connectivity index (χ4v) is 3.83. The van der Waals surface area contributed by atoms with Crippen LogP contribution in [0.1, 0.15) is 48.2 Å². The first-order chi connectivity index (χ1) is 12.2. The third kappa shape index (κ3) is 3.18. The number of amides is 2. The van der Waals surface area contributed by atoms with Crippen LogP contribution in [-0.4, -0.2) is 18.4 Å². The number of rotatable bonds is 3. The van der Waals surface area contributed by atoms with Crippen LogP contribution >= 0.6 is 0 Å². The topological polar surface area (TPSA) is 62.6 Å². The third-order valence-electron chi connectivity index (χ3n) is 5.20. The molecule has 2 aliphatic rings. The molecule has 1 aromatic heterocycles. The van der Waals surface area contributed by atoms with Gasteiger partial charge in [-0.05, 0) is 55.2 Å². The van der Waals surface area contributed by atoms with Crippen molar-refractivity contribution in [2.45, 2.75) is 38.5 Å². The maximum atomic E-state index is 12.5. The van der Waals surface area contributed by atoms with Gasteiger partial charge in [0.2, 0.25) is 5.91 Å². The van der Waals surface area contributed by atoms with Crippen molar-refractivity contribution in [3.05, 3.63) is 47.9 Å². The lowest BCUT2D eigenvalue weighted by Crippen LogP contribution is -2.28. The maximum Gasteiger partial charge on any atom is 0.293 e. The van der Waals surface area contributed by atoms with Crippen LogP contribution in [0.5, 0.6) is 0 Å². The molecule has 2 amide bonds. The third-order valence-corrected chi connectivity index (χ3v) is 5.20. The van der Waals surface area contributed by atoms with Gasteiger partial charge in [-0.15, -0.1) is 0 Å². The van der Waals surface area contributed by atoms with E-state index >= 15 is 0 Å². The van der Waals surface area contributed by atoms with Gasteiger partial charge in [-0.3, -0.25) is 9.59 Å². The molecule has 4 rings (SSSR count). The summed E-state index contributed by atoms with van der Waals surface area (Å²) in [5.74, 6) is 0.491. The molecule has 2 aromatic rings. The fraction of sp³-hybridized carbons (Fsp3) is 0.400. The van der Waals surface area contributed by atoms with Crippen molar-refractivity contribution < 1.29 is 14.0 Å². The van der Waals surface area contributed by atoms with Crippen molar-refractivity contribution in [1.29, 1.82) is 0 Å². The summed E-state index contributed by atoms with van der Waals surface area (Å²) in [4.78, 5) is 26.6. The van der Waals surface area contributed by atoms with Crippen LogP contribution in [0.25, 0.3) is 0 Å². The van der Waals surface area contributed by atoms with Crippen LogP contribution in [0, 0.1) is 5.92 Å². The minimum Gasteiger partial charge on any atom is -0.459 e. The standard InChI is InChI=1S/C20H22N2O3/c23-19(14-5-2-1-3-6-14)21-16-8-9-17-15(13-16)10-11-22(17)20(24)18-7-4-12-25-18/h4,7-9,12-14H,1-3,5-6,10-11H2,(H,21,23). The number of hydrogen-bond acceptors (Lipinski definition) is 3. The molecule has 1 aromatic carbocycles. The van der Waals surface area contributed by atoms with E-state index in [1.807, 2.05) is 18.2 Å². The Morgan fingerprint density at radius 1 is 1.12 bits per heavy atom. The highest BCUT2D eigenvalue weighted by Crippen LogP contribution is 2.32. The first kappa shape index (κ1) is 15.9. The van der Waals surface area contributed by atoms with Gasteiger partial charge in [-0.1, -0.05) is 19.3 Å². The Morgan fingerprint density at radius 3 is 2.72 bits per heavy atom. The van der Waals surface area contributed by atoms with Crippen LogP contribution in [-0.2, 0) is 11.2 Å². The molecule has 1 saturated carbocycles. The summed E-state index contributed by atoms with van der Waals surface area (Å²) in [7, 11) is 0. The number of carbonyl (C=O) groups is 2. The van der Waals surface area contributed by atoms with Gasteiger partial charge in [0.1, 0.15) is 0 Å². The lowest BCUT2D eigenvalue weighted by atomic mass is 9.88. The van der Waals surface area contributed by atoms with Gasteiger partial charge in [0.05, 0.1) is 6.26 Å². The molecule has 0 unspecified atom stereocenters. The number of nitrogens with zero attached hydrogens (tertiary/aromatic N) is 1. The highest BCUT2D eigenvalue weighted by Gasteiger charge is 2.28. The molecule has 2 heterocycles. The van der Waals surface area contributed by atoms with E-state index < -0.39 is 0 Å². The minimum absolute atomic E-state index is 0.122. The Bertz CT molecular complexity index is 776. The van der Waals surface area contributed by atoms with Crippen LogP contribution in [0.3, 0.4) is 0 Å². The summed E-state index contributed by atoms with van der Waals surface area (Å²) < 4.78 is 5.22. The Morgan fingerprint density at radius 2 is 1.96 bits per heavy atom. The molecule has 0 bridgehead atoms. The summed E-state index contributed by atoms with van der Waals surface area (Å²) in [6.07, 6.45) is 7.80. The predicted octanol–water partition coefficient (Wildman–Crippen LogP) is 4.00. The van der Waals surface area contributed by atoms with E-state index in [4.69, 9.17) is 4.42 Å². The minimum atomic E-state index is -0.122. The van der Waals surface area contributed by atoms with E-state index in [1.165, 1.54) is 12.7 Å². The molecule has 0 radical (unpaired) electrons. The summed E-state index contributed by atoms with van der Waals surface area (Å²) in [6, 6.07) is 9.19. The van der Waals surface area contributed by atoms with E-state index in [-0.39, 0.29) is 17.7 Å². The molecule has 0 atom stereocenters. The second-order valence-corrected chi connectivity index (χ2v) is 6.85. The summed E-state index contributed by atoms with van der Waals surface area (Å²) in [5, 5.41) is 3.05. The number of nitrogens with one attached hydrogen (secondary N) is 1. The maximum absolute atomic E-state index is 12.5. The van der Waals surface area contributed by atoms with E-state index in [0.717, 1.165) is 49.0 Å². The number of anilines is 2. The number of hydrogen-bond donors (Lipinski definition) is 1. The first-order valence-corrected chi connectivity index (χ1v) is 9.01. The van der Waals surface area contributed by atoms with E-state index in [0.29, 0.717) is 12.3 Å². The fourth-order valence-electron chi connectivity index (χ4n) is 3.83. The van der Waals surface area contributed by atoms with Crippen molar-refractivity contribution >= 4 is 23.2 Å². The lowest BCUT2D eigenvalue weighted by Gasteiger charge is -2.21. The molecule has 1 aliphatic carbocycles. The van der Waals surface area contributed by atoms with Gasteiger partial charge in [-0.2, -0.15) is 0 Å². The Balaban J connectivity index is 1.47. The lowest BCUT2D eigenvalue weighted by molar-refractivity contribution is -0.120. The number of benzene rings is 1. The SMILES string of the molecule is O=C(Nc1ccc2c(c1)CCN2C(=O)c1ccco1)C1CCCCC1. The zero-order valence-electron chi connectivity index (χ0n) is 14.2. The van der Waals surface area contributed by atoms with Crippen LogP contribution in [0.2, 0.25) is 0 Å². The van der Waals surface area contributed by atoms with E-state index in [2.05, 4.69) is 5.32 Å². The van der Waals surface area contributed by atoms with Gasteiger partial charge in [0.25, 0.3) is 5.91 Å². The van der Waals surface area contributed by atoms with Crippen molar-refractivity contribution in [2.75, 3.05) is 16.8 Å². The van der Waals surface area contributed by atoms with Gasteiger partial charge in [0.15, 0.2) is 5.76 Å². The number of fused-ring (bicyclic) bond motifs is 1. The van der Waals surface area contributed by atoms with Crippen molar-refractivity contribution in [1.82, 2.24) is 0 Å². The summed E-state index contributed by atoms with van der Waals surface area (Å²) in [6.45, 7) is 0.634. The highest BCUT2D eigenvalue weighted by atomic mass is 16.3. The molecule has 5 nitrogen and oxygen atoms in total. The van der Waals surface area contributed by atoms with Gasteiger partial charge in [-0.25, -0.2) is 0 Å². The van der Waals surface area contributed by atoms with Crippen LogP contribution < -0.4 is 10.2 Å². The van der Waals surface area contributed by atoms with Crippen LogP contribution in [0.15, 0.2) is 41.0 Å². The molecule has 5 heteroatoms. The van der Waals surface area contributed by atoms with Gasteiger partial charge in [0, 0.05) is 23.8 Å². The van der Waals surface area contributed by atoms with Crippen molar-refractivity contribution in [3.8, 4) is 0 Å². The molecule has 130 valence electrons. The summed E-state index contributed by atoms with van der Waals surface area (Å²) >= 11 is 0. The zero-order chi connectivity index (χ0) is 17.2. The molecule has 1 aliphatic heterocycles. The zero-order valence-corrected chi connectivity index (χ0v) is 14.2. The normalized spacial score (nSPS) is 17.4. The van der Waals surface area contributed by atoms with E-state index in [1.54, 1.807) is 17.0 Å². The molecular formula is C20H22N2O3. The monoisotopic (exact) mass is 338 g/mol. The van der Waals surface area contributed by atoms with E-state index in [9.17, 15) is 9.59 Å². The molecule has 1 fully saturated rings. The molecule has 0 saturated heterocycles. The van der Waals surface area contributed by atoms with Crippen molar-refractivity contribution in [3.63, 3.8) is 0 Å². The van der Waals surface area contributed by atoms with Crippen LogP contribution in [0.4, 0.5) is 11.4 Å². The average molecular weight is 338 g/mol. The largest absolute Gasteiger partial charge is 0.459 e. The first-order valence-electron chi connectivity index (χ1n) is 9.01. The highest BCUT2D eigenvalue weighted by molar-refractivity contribution is 6.05. The molecule has 0 spiro atoms. The molecular weight excluding hydrogens is 316 g/mol. The molecule has 25 heavy (non-hydrogen) atoms. The van der Waals surface area contributed by atoms with Gasteiger partial charge >= 0.3 is 0 Å².